The fraction of sp³-hybridized carbons (Fsp3) is 0.435. The molecule has 0 radical (unpaired) electrons. The Hall–Kier alpha value is -2.37. The van der Waals surface area contributed by atoms with Crippen molar-refractivity contribution in [3.8, 4) is 11.1 Å². The van der Waals surface area contributed by atoms with Gasteiger partial charge < -0.3 is 20.5 Å². The zero-order chi connectivity index (χ0) is 20.3. The van der Waals surface area contributed by atoms with Crippen molar-refractivity contribution in [3.63, 3.8) is 0 Å². The van der Waals surface area contributed by atoms with Crippen LogP contribution in [0.3, 0.4) is 0 Å². The zero-order valence-electron chi connectivity index (χ0n) is 16.9. The van der Waals surface area contributed by atoms with Gasteiger partial charge in [-0.25, -0.2) is 4.79 Å². The lowest BCUT2D eigenvalue weighted by molar-refractivity contribution is 0.00490. The first-order valence-electron chi connectivity index (χ1n) is 9.85. The van der Waals surface area contributed by atoms with E-state index in [0.29, 0.717) is 13.1 Å². The van der Waals surface area contributed by atoms with Gasteiger partial charge in [-0.05, 0) is 68.0 Å². The van der Waals surface area contributed by atoms with Crippen molar-refractivity contribution in [2.24, 2.45) is 5.73 Å². The largest absolute Gasteiger partial charge is 0.444 e. The molecule has 1 heterocycles. The number of amides is 1. The summed E-state index contributed by atoms with van der Waals surface area (Å²) in [5.41, 5.74) is 9.16. The van der Waals surface area contributed by atoms with Gasteiger partial charge in [-0.2, -0.15) is 0 Å². The number of nitrogens with zero attached hydrogens (tertiary/aromatic N) is 1. The van der Waals surface area contributed by atoms with Gasteiger partial charge in [0.2, 0.25) is 0 Å². The summed E-state index contributed by atoms with van der Waals surface area (Å²) in [6.07, 6.45) is 0.438. The molecule has 0 saturated carbocycles. The monoisotopic (exact) mass is 382 g/mol. The molecule has 0 aromatic heterocycles. The fourth-order valence-electron chi connectivity index (χ4n) is 3.69. The van der Waals surface area contributed by atoms with Gasteiger partial charge in [-0.3, -0.25) is 0 Å². The Kier molecular flexibility index (Phi) is 6.06. The minimum atomic E-state index is -0.788. The SMILES string of the molecule is CC(C)(C)OC(=O)N1CCCC1C(O)c1cc(CN)cc(-c2ccccc2)c1. The minimum Gasteiger partial charge on any atom is -0.444 e. The summed E-state index contributed by atoms with van der Waals surface area (Å²) in [4.78, 5) is 14.3. The molecule has 1 saturated heterocycles. The average Bonchev–Trinajstić information content (AvgIpc) is 3.16. The molecule has 0 spiro atoms. The van der Waals surface area contributed by atoms with Gasteiger partial charge in [0, 0.05) is 13.1 Å². The lowest BCUT2D eigenvalue weighted by atomic mass is 9.94. The van der Waals surface area contributed by atoms with E-state index < -0.39 is 11.7 Å². The van der Waals surface area contributed by atoms with Crippen molar-refractivity contribution in [3.05, 3.63) is 59.7 Å². The van der Waals surface area contributed by atoms with Crippen LogP contribution in [-0.2, 0) is 11.3 Å². The van der Waals surface area contributed by atoms with Crippen LogP contribution in [0.25, 0.3) is 11.1 Å². The van der Waals surface area contributed by atoms with Crippen LogP contribution in [-0.4, -0.2) is 34.3 Å². The standard InChI is InChI=1S/C23H30N2O3/c1-23(2,3)28-22(27)25-11-7-10-20(25)21(26)19-13-16(15-24)12-18(14-19)17-8-5-4-6-9-17/h4-6,8-9,12-14,20-21,26H,7,10-11,15,24H2,1-3H3. The molecule has 1 aliphatic heterocycles. The number of hydrogen-bond acceptors (Lipinski definition) is 4. The molecule has 0 aliphatic carbocycles. The Labute approximate surface area is 167 Å². The third-order valence-corrected chi connectivity index (χ3v) is 4.99. The second-order valence-corrected chi connectivity index (χ2v) is 8.36. The second kappa shape index (κ2) is 8.33. The zero-order valence-corrected chi connectivity index (χ0v) is 16.9. The molecule has 1 aliphatic rings. The molecule has 2 atom stereocenters. The topological polar surface area (TPSA) is 75.8 Å². The van der Waals surface area contributed by atoms with Crippen molar-refractivity contribution in [1.29, 1.82) is 0 Å². The van der Waals surface area contributed by atoms with E-state index in [-0.39, 0.29) is 12.1 Å². The van der Waals surface area contributed by atoms with Crippen molar-refractivity contribution in [2.75, 3.05) is 6.54 Å². The molecule has 28 heavy (non-hydrogen) atoms. The molecule has 2 aromatic rings. The first-order chi connectivity index (χ1) is 13.3. The Bertz CT molecular complexity index is 814. The fourth-order valence-corrected chi connectivity index (χ4v) is 3.69. The van der Waals surface area contributed by atoms with Crippen LogP contribution in [0.4, 0.5) is 4.79 Å². The van der Waals surface area contributed by atoms with Crippen LogP contribution in [0.2, 0.25) is 0 Å². The van der Waals surface area contributed by atoms with E-state index in [1.165, 1.54) is 0 Å². The number of likely N-dealkylation sites (tertiary alicyclic amines) is 1. The molecular weight excluding hydrogens is 352 g/mol. The molecule has 3 rings (SSSR count). The molecule has 1 amide bonds. The van der Waals surface area contributed by atoms with E-state index in [1.807, 2.05) is 69.3 Å². The first kappa shape index (κ1) is 20.4. The Morgan fingerprint density at radius 3 is 2.57 bits per heavy atom. The molecule has 1 fully saturated rings. The first-order valence-corrected chi connectivity index (χ1v) is 9.85. The molecule has 5 heteroatoms. The number of rotatable bonds is 4. The van der Waals surface area contributed by atoms with Gasteiger partial charge in [-0.1, -0.05) is 36.4 Å². The summed E-state index contributed by atoms with van der Waals surface area (Å²) in [7, 11) is 0. The van der Waals surface area contributed by atoms with Crippen LogP contribution in [0.1, 0.15) is 50.8 Å². The maximum absolute atomic E-state index is 12.6. The average molecular weight is 383 g/mol. The predicted octanol–water partition coefficient (Wildman–Crippen LogP) is 4.25. The summed E-state index contributed by atoms with van der Waals surface area (Å²) in [6, 6.07) is 15.7. The quantitative estimate of drug-likeness (QED) is 0.829. The number of carbonyl (C=O) groups is 1. The van der Waals surface area contributed by atoms with Crippen LogP contribution in [0, 0.1) is 0 Å². The number of aliphatic hydroxyl groups excluding tert-OH is 1. The third kappa shape index (κ3) is 4.72. The molecule has 0 bridgehead atoms. The maximum atomic E-state index is 12.6. The van der Waals surface area contributed by atoms with E-state index in [2.05, 4.69) is 0 Å². The summed E-state index contributed by atoms with van der Waals surface area (Å²) in [5, 5.41) is 11.1. The molecular formula is C23H30N2O3. The highest BCUT2D eigenvalue weighted by molar-refractivity contribution is 5.69. The predicted molar refractivity (Wildman–Crippen MR) is 111 cm³/mol. The number of benzene rings is 2. The molecule has 2 aromatic carbocycles. The second-order valence-electron chi connectivity index (χ2n) is 8.36. The van der Waals surface area contributed by atoms with Gasteiger partial charge in [0.1, 0.15) is 5.60 Å². The molecule has 150 valence electrons. The van der Waals surface area contributed by atoms with Gasteiger partial charge in [0.15, 0.2) is 0 Å². The van der Waals surface area contributed by atoms with E-state index in [4.69, 9.17) is 10.5 Å². The molecule has 5 nitrogen and oxygen atoms in total. The number of aliphatic hydroxyl groups is 1. The van der Waals surface area contributed by atoms with E-state index in [9.17, 15) is 9.90 Å². The van der Waals surface area contributed by atoms with Gasteiger partial charge in [-0.15, -0.1) is 0 Å². The molecule has 2 unspecified atom stereocenters. The Balaban J connectivity index is 1.88. The normalized spacial score (nSPS) is 18.2. The summed E-state index contributed by atoms with van der Waals surface area (Å²) < 4.78 is 5.53. The highest BCUT2D eigenvalue weighted by Crippen LogP contribution is 2.33. The van der Waals surface area contributed by atoms with Crippen LogP contribution in [0.5, 0.6) is 0 Å². The van der Waals surface area contributed by atoms with Crippen molar-refractivity contribution < 1.29 is 14.6 Å². The summed E-state index contributed by atoms with van der Waals surface area (Å²) >= 11 is 0. The van der Waals surface area contributed by atoms with E-state index in [0.717, 1.165) is 35.1 Å². The van der Waals surface area contributed by atoms with E-state index in [1.54, 1.807) is 4.90 Å². The lowest BCUT2D eigenvalue weighted by Gasteiger charge is -2.31. The number of hydrogen-bond donors (Lipinski definition) is 2. The van der Waals surface area contributed by atoms with Crippen molar-refractivity contribution in [1.82, 2.24) is 4.90 Å². The maximum Gasteiger partial charge on any atom is 0.410 e. The van der Waals surface area contributed by atoms with Crippen LogP contribution >= 0.6 is 0 Å². The van der Waals surface area contributed by atoms with E-state index >= 15 is 0 Å². The highest BCUT2D eigenvalue weighted by atomic mass is 16.6. The smallest absolute Gasteiger partial charge is 0.410 e. The summed E-state index contributed by atoms with van der Waals surface area (Å²) in [5.74, 6) is 0. The van der Waals surface area contributed by atoms with Crippen LogP contribution in [0.15, 0.2) is 48.5 Å². The number of carbonyl (C=O) groups excluding carboxylic acids is 1. The lowest BCUT2D eigenvalue weighted by Crippen LogP contribution is -2.42. The van der Waals surface area contributed by atoms with Gasteiger partial charge in [0.25, 0.3) is 0 Å². The van der Waals surface area contributed by atoms with Gasteiger partial charge in [0.05, 0.1) is 12.1 Å². The minimum absolute atomic E-state index is 0.300. The summed E-state index contributed by atoms with van der Waals surface area (Å²) in [6.45, 7) is 6.54. The third-order valence-electron chi connectivity index (χ3n) is 4.99. The van der Waals surface area contributed by atoms with Crippen LogP contribution < -0.4 is 5.73 Å². The Morgan fingerprint density at radius 2 is 1.93 bits per heavy atom. The van der Waals surface area contributed by atoms with Gasteiger partial charge >= 0.3 is 6.09 Å². The highest BCUT2D eigenvalue weighted by Gasteiger charge is 2.37. The number of nitrogens with two attached hydrogens (primary N) is 1. The Morgan fingerprint density at radius 1 is 1.21 bits per heavy atom. The van der Waals surface area contributed by atoms with Crippen molar-refractivity contribution >= 4 is 6.09 Å². The molecule has 3 N–H and O–H groups in total. The van der Waals surface area contributed by atoms with Crippen molar-refractivity contribution in [2.45, 2.75) is 57.9 Å². The number of ether oxygens (including phenoxy) is 1.